The summed E-state index contributed by atoms with van der Waals surface area (Å²) >= 11 is 0. The molecule has 0 aliphatic carbocycles. The SMILES string of the molecule is CCC(C)CC1CC(CC)O1. The molecule has 11 heavy (non-hydrogen) atoms. The lowest BCUT2D eigenvalue weighted by molar-refractivity contribution is -0.132. The summed E-state index contributed by atoms with van der Waals surface area (Å²) in [5.74, 6) is 0.845. The van der Waals surface area contributed by atoms with E-state index in [1.165, 1.54) is 25.7 Å². The largest absolute Gasteiger partial charge is 0.375 e. The minimum absolute atomic E-state index is 0.587. The second kappa shape index (κ2) is 4.10. The number of hydrogen-bond donors (Lipinski definition) is 0. The third-order valence-corrected chi connectivity index (χ3v) is 2.73. The Hall–Kier alpha value is -0.0400. The first-order chi connectivity index (χ1) is 5.26. The minimum Gasteiger partial charge on any atom is -0.375 e. The molecular formula is C10H20O. The number of rotatable bonds is 4. The molecule has 1 rings (SSSR count). The molecule has 1 nitrogen and oxygen atoms in total. The van der Waals surface area contributed by atoms with Crippen LogP contribution in [0.1, 0.15) is 46.5 Å². The van der Waals surface area contributed by atoms with E-state index in [-0.39, 0.29) is 0 Å². The van der Waals surface area contributed by atoms with Crippen LogP contribution < -0.4 is 0 Å². The summed E-state index contributed by atoms with van der Waals surface area (Å²) in [6.07, 6.45) is 6.24. The zero-order chi connectivity index (χ0) is 8.27. The highest BCUT2D eigenvalue weighted by atomic mass is 16.5. The Balaban J connectivity index is 2.04. The van der Waals surface area contributed by atoms with E-state index in [2.05, 4.69) is 20.8 Å². The van der Waals surface area contributed by atoms with Gasteiger partial charge < -0.3 is 4.74 Å². The molecule has 0 amide bonds. The predicted octanol–water partition coefficient (Wildman–Crippen LogP) is 2.99. The van der Waals surface area contributed by atoms with Crippen molar-refractivity contribution in [1.82, 2.24) is 0 Å². The van der Waals surface area contributed by atoms with Gasteiger partial charge in [0.2, 0.25) is 0 Å². The molecule has 0 aromatic heterocycles. The maximum Gasteiger partial charge on any atom is 0.0606 e. The first-order valence-electron chi connectivity index (χ1n) is 4.91. The highest BCUT2D eigenvalue weighted by Crippen LogP contribution is 2.28. The Labute approximate surface area is 70.1 Å². The molecule has 0 saturated carbocycles. The van der Waals surface area contributed by atoms with E-state index in [1.807, 2.05) is 0 Å². The average Bonchev–Trinajstić information content (AvgIpc) is 1.95. The van der Waals surface area contributed by atoms with Crippen molar-refractivity contribution < 1.29 is 4.74 Å². The van der Waals surface area contributed by atoms with E-state index in [0.29, 0.717) is 12.2 Å². The summed E-state index contributed by atoms with van der Waals surface area (Å²) in [7, 11) is 0. The van der Waals surface area contributed by atoms with E-state index in [4.69, 9.17) is 4.74 Å². The fourth-order valence-electron chi connectivity index (χ4n) is 1.58. The molecule has 3 atom stereocenters. The summed E-state index contributed by atoms with van der Waals surface area (Å²) in [4.78, 5) is 0. The van der Waals surface area contributed by atoms with Crippen molar-refractivity contribution in [3.8, 4) is 0 Å². The molecule has 3 unspecified atom stereocenters. The van der Waals surface area contributed by atoms with Gasteiger partial charge in [0, 0.05) is 0 Å². The Bertz CT molecular complexity index is 105. The molecule has 0 aromatic rings. The average molecular weight is 156 g/mol. The van der Waals surface area contributed by atoms with Crippen LogP contribution in [0, 0.1) is 5.92 Å². The van der Waals surface area contributed by atoms with E-state index in [0.717, 1.165) is 5.92 Å². The van der Waals surface area contributed by atoms with Crippen molar-refractivity contribution in [2.45, 2.75) is 58.7 Å². The molecule has 66 valence electrons. The van der Waals surface area contributed by atoms with Crippen molar-refractivity contribution in [2.24, 2.45) is 5.92 Å². The van der Waals surface area contributed by atoms with Gasteiger partial charge in [-0.05, 0) is 25.2 Å². The molecule has 1 heteroatoms. The lowest BCUT2D eigenvalue weighted by Crippen LogP contribution is -2.37. The number of ether oxygens (including phenoxy) is 1. The van der Waals surface area contributed by atoms with Gasteiger partial charge in [0.1, 0.15) is 0 Å². The van der Waals surface area contributed by atoms with Crippen molar-refractivity contribution in [3.63, 3.8) is 0 Å². The lowest BCUT2D eigenvalue weighted by Gasteiger charge is -2.36. The quantitative estimate of drug-likeness (QED) is 0.608. The Morgan fingerprint density at radius 1 is 1.36 bits per heavy atom. The van der Waals surface area contributed by atoms with Gasteiger partial charge in [-0.3, -0.25) is 0 Å². The van der Waals surface area contributed by atoms with Crippen molar-refractivity contribution in [1.29, 1.82) is 0 Å². The van der Waals surface area contributed by atoms with E-state index < -0.39 is 0 Å². The summed E-state index contributed by atoms with van der Waals surface area (Å²) < 4.78 is 5.66. The van der Waals surface area contributed by atoms with Gasteiger partial charge in [0.25, 0.3) is 0 Å². The van der Waals surface area contributed by atoms with E-state index in [1.54, 1.807) is 0 Å². The van der Waals surface area contributed by atoms with Crippen molar-refractivity contribution in [3.05, 3.63) is 0 Å². The molecular weight excluding hydrogens is 136 g/mol. The molecule has 0 N–H and O–H groups in total. The van der Waals surface area contributed by atoms with E-state index in [9.17, 15) is 0 Å². The maximum absolute atomic E-state index is 5.66. The van der Waals surface area contributed by atoms with Gasteiger partial charge >= 0.3 is 0 Å². The molecule has 0 aromatic carbocycles. The molecule has 0 spiro atoms. The summed E-state index contributed by atoms with van der Waals surface area (Å²) in [5.41, 5.74) is 0. The van der Waals surface area contributed by atoms with Crippen LogP contribution in [0.5, 0.6) is 0 Å². The van der Waals surface area contributed by atoms with Crippen LogP contribution in [0.25, 0.3) is 0 Å². The predicted molar refractivity (Wildman–Crippen MR) is 47.6 cm³/mol. The fourth-order valence-corrected chi connectivity index (χ4v) is 1.58. The van der Waals surface area contributed by atoms with Gasteiger partial charge in [-0.25, -0.2) is 0 Å². The summed E-state index contributed by atoms with van der Waals surface area (Å²) in [5, 5.41) is 0. The normalized spacial score (nSPS) is 33.0. The molecule has 1 fully saturated rings. The first kappa shape index (κ1) is 9.05. The molecule has 0 bridgehead atoms. The Morgan fingerprint density at radius 3 is 2.45 bits per heavy atom. The van der Waals surface area contributed by atoms with Gasteiger partial charge in [-0.2, -0.15) is 0 Å². The second-order valence-electron chi connectivity index (χ2n) is 3.77. The monoisotopic (exact) mass is 156 g/mol. The molecule has 0 radical (unpaired) electrons. The van der Waals surface area contributed by atoms with Crippen LogP contribution in [0.2, 0.25) is 0 Å². The standard InChI is InChI=1S/C10H20O/c1-4-8(3)6-10-7-9(5-2)11-10/h8-10H,4-7H2,1-3H3. The highest BCUT2D eigenvalue weighted by Gasteiger charge is 2.28. The van der Waals surface area contributed by atoms with Crippen LogP contribution >= 0.6 is 0 Å². The van der Waals surface area contributed by atoms with E-state index >= 15 is 0 Å². The molecule has 1 aliphatic heterocycles. The van der Waals surface area contributed by atoms with Crippen molar-refractivity contribution in [2.75, 3.05) is 0 Å². The smallest absolute Gasteiger partial charge is 0.0606 e. The van der Waals surface area contributed by atoms with Crippen molar-refractivity contribution >= 4 is 0 Å². The molecule has 1 aliphatic rings. The minimum atomic E-state index is 0.587. The van der Waals surface area contributed by atoms with Crippen LogP contribution in [0.15, 0.2) is 0 Å². The summed E-state index contributed by atoms with van der Waals surface area (Å²) in [6, 6.07) is 0. The fraction of sp³-hybridized carbons (Fsp3) is 1.00. The highest BCUT2D eigenvalue weighted by molar-refractivity contribution is 4.77. The van der Waals surface area contributed by atoms with Gasteiger partial charge in [-0.15, -0.1) is 0 Å². The number of hydrogen-bond acceptors (Lipinski definition) is 1. The zero-order valence-corrected chi connectivity index (χ0v) is 7.97. The summed E-state index contributed by atoms with van der Waals surface area (Å²) in [6.45, 7) is 6.76. The third kappa shape index (κ3) is 2.48. The second-order valence-corrected chi connectivity index (χ2v) is 3.77. The Kier molecular flexibility index (Phi) is 3.38. The third-order valence-electron chi connectivity index (χ3n) is 2.73. The van der Waals surface area contributed by atoms with Crippen LogP contribution in [-0.2, 0) is 4.74 Å². The lowest BCUT2D eigenvalue weighted by atomic mass is 9.93. The zero-order valence-electron chi connectivity index (χ0n) is 7.97. The maximum atomic E-state index is 5.66. The van der Waals surface area contributed by atoms with Crippen LogP contribution in [0.3, 0.4) is 0 Å². The van der Waals surface area contributed by atoms with Gasteiger partial charge in [0.15, 0.2) is 0 Å². The topological polar surface area (TPSA) is 9.23 Å². The van der Waals surface area contributed by atoms with Gasteiger partial charge in [-0.1, -0.05) is 27.2 Å². The Morgan fingerprint density at radius 2 is 2.00 bits per heavy atom. The molecule has 1 heterocycles. The first-order valence-corrected chi connectivity index (χ1v) is 4.91. The van der Waals surface area contributed by atoms with Gasteiger partial charge in [0.05, 0.1) is 12.2 Å². The molecule has 1 saturated heterocycles. The van der Waals surface area contributed by atoms with Crippen LogP contribution in [0.4, 0.5) is 0 Å². The van der Waals surface area contributed by atoms with Crippen LogP contribution in [-0.4, -0.2) is 12.2 Å².